The molecular weight excluding hydrogens is 328 g/mol. The topological polar surface area (TPSA) is 30.2 Å². The zero-order valence-corrected chi connectivity index (χ0v) is 13.1. The Morgan fingerprint density at radius 1 is 1.05 bits per heavy atom. The van der Waals surface area contributed by atoms with E-state index in [-0.39, 0.29) is 5.43 Å². The molecular formula is C18H13BrO2. The van der Waals surface area contributed by atoms with Crippen LogP contribution in [0.4, 0.5) is 0 Å². The van der Waals surface area contributed by atoms with E-state index in [4.69, 9.17) is 4.42 Å². The summed E-state index contributed by atoms with van der Waals surface area (Å²) in [6.07, 6.45) is 3.73. The van der Waals surface area contributed by atoms with Gasteiger partial charge in [-0.15, -0.1) is 0 Å². The van der Waals surface area contributed by atoms with E-state index >= 15 is 0 Å². The Labute approximate surface area is 130 Å². The first-order valence-corrected chi connectivity index (χ1v) is 7.40. The molecule has 104 valence electrons. The van der Waals surface area contributed by atoms with Gasteiger partial charge < -0.3 is 4.42 Å². The number of hydrogen-bond donors (Lipinski definition) is 0. The lowest BCUT2D eigenvalue weighted by Gasteiger charge is -2.03. The number of benzene rings is 2. The summed E-state index contributed by atoms with van der Waals surface area (Å²) < 4.78 is 6.29. The summed E-state index contributed by atoms with van der Waals surface area (Å²) in [7, 11) is 0. The zero-order chi connectivity index (χ0) is 14.8. The number of fused-ring (bicyclic) bond motifs is 1. The van der Waals surface area contributed by atoms with Crippen molar-refractivity contribution in [1.29, 1.82) is 0 Å². The van der Waals surface area contributed by atoms with Crippen LogP contribution in [-0.4, -0.2) is 0 Å². The normalized spacial score (nSPS) is 11.3. The van der Waals surface area contributed by atoms with Crippen molar-refractivity contribution in [3.05, 3.63) is 80.1 Å². The first-order chi connectivity index (χ1) is 10.1. The van der Waals surface area contributed by atoms with E-state index in [1.807, 2.05) is 61.5 Å². The Morgan fingerprint density at radius 3 is 2.57 bits per heavy atom. The summed E-state index contributed by atoms with van der Waals surface area (Å²) >= 11 is 3.34. The number of hydrogen-bond acceptors (Lipinski definition) is 2. The summed E-state index contributed by atoms with van der Waals surface area (Å²) in [6.45, 7) is 1.97. The highest BCUT2D eigenvalue weighted by Crippen LogP contribution is 2.22. The van der Waals surface area contributed by atoms with Crippen molar-refractivity contribution in [1.82, 2.24) is 0 Å². The van der Waals surface area contributed by atoms with E-state index in [0.29, 0.717) is 21.2 Å². The Hall–Kier alpha value is -2.13. The maximum Gasteiger partial charge on any atom is 0.207 e. The molecule has 0 fully saturated rings. The van der Waals surface area contributed by atoms with Gasteiger partial charge in [-0.1, -0.05) is 42.5 Å². The van der Waals surface area contributed by atoms with Gasteiger partial charge in [0.15, 0.2) is 0 Å². The van der Waals surface area contributed by atoms with Crippen molar-refractivity contribution >= 4 is 39.1 Å². The first-order valence-electron chi connectivity index (χ1n) is 6.61. The highest BCUT2D eigenvalue weighted by Gasteiger charge is 2.10. The Bertz CT molecular complexity index is 877. The monoisotopic (exact) mass is 340 g/mol. The summed E-state index contributed by atoms with van der Waals surface area (Å²) in [5.41, 5.74) is 2.67. The van der Waals surface area contributed by atoms with Gasteiger partial charge in [-0.25, -0.2) is 0 Å². The van der Waals surface area contributed by atoms with Crippen LogP contribution in [0.25, 0.3) is 23.1 Å². The predicted octanol–water partition coefficient (Wildman–Crippen LogP) is 5.03. The molecule has 2 nitrogen and oxygen atoms in total. The fourth-order valence-electron chi connectivity index (χ4n) is 2.14. The maximum absolute atomic E-state index is 12.3. The standard InChI is InChI=1S/C18H13BrO2/c1-12-7-9-14-16(11-12)21-15(17(19)18(14)20)10-8-13-5-3-2-4-6-13/h2-11H,1H3/b10-8+. The van der Waals surface area contributed by atoms with E-state index < -0.39 is 0 Å². The third-order valence-corrected chi connectivity index (χ3v) is 3.99. The second-order valence-corrected chi connectivity index (χ2v) is 5.65. The second kappa shape index (κ2) is 5.70. The molecule has 0 spiro atoms. The van der Waals surface area contributed by atoms with Crippen LogP contribution in [0.15, 0.2) is 62.2 Å². The lowest BCUT2D eigenvalue weighted by molar-refractivity contribution is 0.587. The zero-order valence-electron chi connectivity index (χ0n) is 11.5. The Morgan fingerprint density at radius 2 is 1.81 bits per heavy atom. The van der Waals surface area contributed by atoms with Gasteiger partial charge in [0.25, 0.3) is 0 Å². The molecule has 3 rings (SSSR count). The molecule has 0 aliphatic heterocycles. The Kier molecular flexibility index (Phi) is 3.76. The summed E-state index contributed by atoms with van der Waals surface area (Å²) in [5, 5.41) is 0.587. The van der Waals surface area contributed by atoms with Crippen LogP contribution in [-0.2, 0) is 0 Å². The number of aryl methyl sites for hydroxylation is 1. The van der Waals surface area contributed by atoms with Crippen LogP contribution in [0.1, 0.15) is 16.9 Å². The molecule has 0 aliphatic carbocycles. The minimum Gasteiger partial charge on any atom is -0.455 e. The van der Waals surface area contributed by atoms with Crippen LogP contribution in [0, 0.1) is 6.92 Å². The lowest BCUT2D eigenvalue weighted by Crippen LogP contribution is -2.04. The third kappa shape index (κ3) is 2.83. The van der Waals surface area contributed by atoms with Gasteiger partial charge in [0.1, 0.15) is 15.8 Å². The van der Waals surface area contributed by atoms with Crippen molar-refractivity contribution in [3.8, 4) is 0 Å². The number of halogens is 1. The second-order valence-electron chi connectivity index (χ2n) is 4.85. The van der Waals surface area contributed by atoms with Crippen molar-refractivity contribution in [2.24, 2.45) is 0 Å². The van der Waals surface area contributed by atoms with Gasteiger partial charge in [-0.05, 0) is 52.2 Å². The molecule has 0 radical (unpaired) electrons. The van der Waals surface area contributed by atoms with E-state index in [9.17, 15) is 4.79 Å². The van der Waals surface area contributed by atoms with Gasteiger partial charge in [-0.3, -0.25) is 4.79 Å². The fraction of sp³-hybridized carbons (Fsp3) is 0.0556. The minimum absolute atomic E-state index is 0.0519. The Balaban J connectivity index is 2.13. The molecule has 0 aliphatic rings. The highest BCUT2D eigenvalue weighted by molar-refractivity contribution is 9.10. The van der Waals surface area contributed by atoms with Crippen LogP contribution in [0.3, 0.4) is 0 Å². The van der Waals surface area contributed by atoms with Gasteiger partial charge in [0.05, 0.1) is 5.39 Å². The van der Waals surface area contributed by atoms with Gasteiger partial charge in [-0.2, -0.15) is 0 Å². The molecule has 3 heteroatoms. The third-order valence-electron chi connectivity index (χ3n) is 3.24. The molecule has 0 saturated carbocycles. The quantitative estimate of drug-likeness (QED) is 0.654. The largest absolute Gasteiger partial charge is 0.455 e. The van der Waals surface area contributed by atoms with E-state index in [0.717, 1.165) is 11.1 Å². The molecule has 0 saturated heterocycles. The maximum atomic E-state index is 12.3. The smallest absolute Gasteiger partial charge is 0.207 e. The van der Waals surface area contributed by atoms with Gasteiger partial charge >= 0.3 is 0 Å². The first kappa shape index (κ1) is 13.8. The summed E-state index contributed by atoms with van der Waals surface area (Å²) in [4.78, 5) is 12.3. The molecule has 2 aromatic carbocycles. The van der Waals surface area contributed by atoms with Crippen LogP contribution in [0.5, 0.6) is 0 Å². The van der Waals surface area contributed by atoms with Crippen molar-refractivity contribution in [3.63, 3.8) is 0 Å². The fourth-order valence-corrected chi connectivity index (χ4v) is 2.56. The molecule has 0 N–H and O–H groups in total. The van der Waals surface area contributed by atoms with Crippen LogP contribution >= 0.6 is 15.9 Å². The van der Waals surface area contributed by atoms with E-state index in [1.165, 1.54) is 0 Å². The summed E-state index contributed by atoms with van der Waals surface area (Å²) in [6, 6.07) is 15.5. The average Bonchev–Trinajstić information content (AvgIpc) is 2.50. The van der Waals surface area contributed by atoms with Crippen LogP contribution < -0.4 is 5.43 Å². The predicted molar refractivity (Wildman–Crippen MR) is 90.3 cm³/mol. The molecule has 0 bridgehead atoms. The molecule has 3 aromatic rings. The SMILES string of the molecule is Cc1ccc2c(=O)c(Br)c(/C=C/c3ccccc3)oc2c1. The minimum atomic E-state index is -0.0519. The molecule has 0 amide bonds. The molecule has 1 heterocycles. The van der Waals surface area contributed by atoms with Crippen molar-refractivity contribution in [2.45, 2.75) is 6.92 Å². The van der Waals surface area contributed by atoms with E-state index in [1.54, 1.807) is 6.07 Å². The van der Waals surface area contributed by atoms with Crippen molar-refractivity contribution in [2.75, 3.05) is 0 Å². The van der Waals surface area contributed by atoms with E-state index in [2.05, 4.69) is 15.9 Å². The number of rotatable bonds is 2. The summed E-state index contributed by atoms with van der Waals surface area (Å²) in [5.74, 6) is 0.530. The van der Waals surface area contributed by atoms with Crippen LogP contribution in [0.2, 0.25) is 0 Å². The van der Waals surface area contributed by atoms with Crippen molar-refractivity contribution < 1.29 is 4.42 Å². The average molecular weight is 341 g/mol. The molecule has 0 unspecified atom stereocenters. The van der Waals surface area contributed by atoms with Gasteiger partial charge in [0, 0.05) is 0 Å². The highest BCUT2D eigenvalue weighted by atomic mass is 79.9. The molecule has 1 aromatic heterocycles. The molecule has 0 atom stereocenters. The van der Waals surface area contributed by atoms with Gasteiger partial charge in [0.2, 0.25) is 5.43 Å². The molecule has 21 heavy (non-hydrogen) atoms. The lowest BCUT2D eigenvalue weighted by atomic mass is 10.1.